The van der Waals surface area contributed by atoms with Gasteiger partial charge in [0, 0.05) is 14.1 Å². The van der Waals surface area contributed by atoms with Crippen molar-refractivity contribution in [2.45, 2.75) is 5.25 Å². The van der Waals surface area contributed by atoms with Crippen LogP contribution in [0.5, 0.6) is 0 Å². The van der Waals surface area contributed by atoms with Crippen molar-refractivity contribution in [3.05, 3.63) is 0 Å². The second-order valence-electron chi connectivity index (χ2n) is 2.95. The molecule has 78 valence electrons. The number of amides is 2. The van der Waals surface area contributed by atoms with Gasteiger partial charge in [0.15, 0.2) is 0 Å². The molecule has 1 saturated heterocycles. The van der Waals surface area contributed by atoms with Crippen molar-refractivity contribution in [2.75, 3.05) is 14.1 Å². The molecule has 0 aromatic heterocycles. The smallest absolute Gasteiger partial charge is 0.302 e. The largest absolute Gasteiger partial charge is 0.347 e. The third-order valence-electron chi connectivity index (χ3n) is 1.67. The fourth-order valence-corrected chi connectivity index (χ4v) is 2.32. The Kier molecular flexibility index (Phi) is 2.32. The van der Waals surface area contributed by atoms with Crippen molar-refractivity contribution >= 4 is 27.6 Å². The van der Waals surface area contributed by atoms with E-state index in [1.165, 1.54) is 18.8 Å². The van der Waals surface area contributed by atoms with Crippen LogP contribution in [0.15, 0.2) is 0 Å². The Balaban J connectivity index is 3.16. The van der Waals surface area contributed by atoms with Gasteiger partial charge in [0.25, 0.3) is 21.7 Å². The topological polar surface area (TPSA) is 101 Å². The second kappa shape index (κ2) is 3.05. The summed E-state index contributed by atoms with van der Waals surface area (Å²) in [5.74, 6) is -3.41. The first-order valence-electron chi connectivity index (χ1n) is 3.58. The monoisotopic (exact) mass is 220 g/mol. The SMILES string of the molecule is CN(C)C(=O)C1C(=O)C(=O)NS1(=O)=O. The van der Waals surface area contributed by atoms with Crippen molar-refractivity contribution in [3.8, 4) is 0 Å². The van der Waals surface area contributed by atoms with Crippen LogP contribution in [-0.2, 0) is 24.4 Å². The average molecular weight is 220 g/mol. The number of carbonyl (C=O) groups excluding carboxylic acids is 3. The Labute approximate surface area is 80.1 Å². The highest BCUT2D eigenvalue weighted by atomic mass is 32.2. The first-order valence-corrected chi connectivity index (χ1v) is 5.13. The summed E-state index contributed by atoms with van der Waals surface area (Å²) in [6.07, 6.45) is 0. The summed E-state index contributed by atoms with van der Waals surface area (Å²) in [4.78, 5) is 33.9. The normalized spacial score (nSPS) is 24.6. The van der Waals surface area contributed by atoms with Gasteiger partial charge >= 0.3 is 5.91 Å². The van der Waals surface area contributed by atoms with Crippen LogP contribution in [0.3, 0.4) is 0 Å². The van der Waals surface area contributed by atoms with Gasteiger partial charge in [0.2, 0.25) is 5.25 Å². The molecule has 14 heavy (non-hydrogen) atoms. The van der Waals surface area contributed by atoms with E-state index in [-0.39, 0.29) is 0 Å². The van der Waals surface area contributed by atoms with Crippen molar-refractivity contribution in [1.82, 2.24) is 9.62 Å². The molecule has 0 aliphatic carbocycles. The Morgan fingerprint density at radius 3 is 2.14 bits per heavy atom. The van der Waals surface area contributed by atoms with Crippen molar-refractivity contribution in [1.29, 1.82) is 0 Å². The lowest BCUT2D eigenvalue weighted by Gasteiger charge is -2.12. The van der Waals surface area contributed by atoms with Crippen LogP contribution in [0, 0.1) is 0 Å². The van der Waals surface area contributed by atoms with E-state index in [1.807, 2.05) is 0 Å². The molecule has 1 unspecified atom stereocenters. The van der Waals surface area contributed by atoms with Crippen LogP contribution in [-0.4, -0.2) is 50.3 Å². The number of carbonyl (C=O) groups is 3. The van der Waals surface area contributed by atoms with Gasteiger partial charge in [-0.1, -0.05) is 0 Å². The fourth-order valence-electron chi connectivity index (χ4n) is 0.978. The van der Waals surface area contributed by atoms with Gasteiger partial charge < -0.3 is 4.90 Å². The molecule has 0 saturated carbocycles. The van der Waals surface area contributed by atoms with Gasteiger partial charge in [-0.15, -0.1) is 0 Å². The summed E-state index contributed by atoms with van der Waals surface area (Å²) in [5, 5.41) is -1.93. The molecule has 1 heterocycles. The quantitative estimate of drug-likeness (QED) is 0.388. The number of hydrogen-bond acceptors (Lipinski definition) is 5. The van der Waals surface area contributed by atoms with Gasteiger partial charge in [-0.05, 0) is 0 Å². The molecule has 2 amide bonds. The standard InChI is InChI=1S/C6H8N2O5S/c1-8(2)6(11)4-3(9)5(10)7-14(4,12)13/h4H,1-2H3,(H,7,10). The van der Waals surface area contributed by atoms with E-state index >= 15 is 0 Å². The van der Waals surface area contributed by atoms with Crippen LogP contribution in [0.1, 0.15) is 0 Å². The zero-order valence-corrected chi connectivity index (χ0v) is 8.29. The minimum Gasteiger partial charge on any atom is -0.347 e. The number of sulfonamides is 1. The van der Waals surface area contributed by atoms with E-state index in [1.54, 1.807) is 0 Å². The van der Waals surface area contributed by atoms with E-state index in [0.29, 0.717) is 0 Å². The zero-order chi connectivity index (χ0) is 11.1. The molecule has 1 aliphatic rings. The molecule has 0 radical (unpaired) electrons. The minimum absolute atomic E-state index is 0.923. The predicted octanol–water partition coefficient (Wildman–Crippen LogP) is -2.53. The van der Waals surface area contributed by atoms with Crippen LogP contribution in [0.4, 0.5) is 0 Å². The molecule has 7 nitrogen and oxygen atoms in total. The fraction of sp³-hybridized carbons (Fsp3) is 0.500. The second-order valence-corrected chi connectivity index (χ2v) is 4.72. The summed E-state index contributed by atoms with van der Waals surface area (Å²) < 4.78 is 23.7. The molecule has 1 rings (SSSR count). The number of hydrogen-bond donors (Lipinski definition) is 1. The Hall–Kier alpha value is -1.44. The molecule has 0 bridgehead atoms. The van der Waals surface area contributed by atoms with E-state index in [9.17, 15) is 22.8 Å². The van der Waals surface area contributed by atoms with Crippen molar-refractivity contribution in [3.63, 3.8) is 0 Å². The minimum atomic E-state index is -4.17. The van der Waals surface area contributed by atoms with Gasteiger partial charge in [-0.3, -0.25) is 14.4 Å². The van der Waals surface area contributed by atoms with Crippen molar-refractivity contribution in [2.24, 2.45) is 0 Å². The molecule has 1 N–H and O–H groups in total. The Morgan fingerprint density at radius 1 is 1.36 bits per heavy atom. The first kappa shape index (κ1) is 10.6. The number of nitrogens with one attached hydrogen (secondary N) is 1. The van der Waals surface area contributed by atoms with Gasteiger partial charge in [0.05, 0.1) is 0 Å². The van der Waals surface area contributed by atoms with Crippen molar-refractivity contribution < 1.29 is 22.8 Å². The maximum Gasteiger partial charge on any atom is 0.302 e. The van der Waals surface area contributed by atoms with E-state index < -0.39 is 32.9 Å². The van der Waals surface area contributed by atoms with E-state index in [2.05, 4.69) is 0 Å². The van der Waals surface area contributed by atoms with Crippen LogP contribution in [0.2, 0.25) is 0 Å². The molecule has 8 heteroatoms. The summed E-state index contributed by atoms with van der Waals surface area (Å²) in [6.45, 7) is 0. The van der Waals surface area contributed by atoms with Gasteiger partial charge in [-0.2, -0.15) is 0 Å². The molecule has 1 aliphatic heterocycles. The number of Topliss-reactive ketones (excluding diaryl/α,β-unsaturated/α-hetero) is 1. The summed E-state index contributed by atoms with van der Waals surface area (Å²) in [5.41, 5.74) is 0. The molecule has 1 atom stereocenters. The molecule has 0 spiro atoms. The Bertz CT molecular complexity index is 410. The average Bonchev–Trinajstić information content (AvgIpc) is 2.20. The number of nitrogens with zero attached hydrogens (tertiary/aromatic N) is 1. The maximum absolute atomic E-state index is 11.3. The van der Waals surface area contributed by atoms with E-state index in [0.717, 1.165) is 4.90 Å². The predicted molar refractivity (Wildman–Crippen MR) is 44.6 cm³/mol. The summed E-state index contributed by atoms with van der Waals surface area (Å²) in [7, 11) is -1.57. The molecular formula is C6H8N2O5S. The third-order valence-corrected chi connectivity index (χ3v) is 3.18. The molecule has 0 aromatic rings. The number of rotatable bonds is 1. The highest BCUT2D eigenvalue weighted by Gasteiger charge is 2.50. The van der Waals surface area contributed by atoms with Gasteiger partial charge in [-0.25, -0.2) is 13.1 Å². The highest BCUT2D eigenvalue weighted by Crippen LogP contribution is 2.11. The number of ketones is 1. The Morgan fingerprint density at radius 2 is 1.86 bits per heavy atom. The van der Waals surface area contributed by atoms with Crippen LogP contribution >= 0.6 is 0 Å². The zero-order valence-electron chi connectivity index (χ0n) is 7.47. The highest BCUT2D eigenvalue weighted by molar-refractivity contribution is 7.93. The van der Waals surface area contributed by atoms with Crippen LogP contribution < -0.4 is 4.72 Å². The lowest BCUT2D eigenvalue weighted by atomic mass is 10.2. The van der Waals surface area contributed by atoms with Crippen LogP contribution in [0.25, 0.3) is 0 Å². The summed E-state index contributed by atoms with van der Waals surface area (Å²) >= 11 is 0. The van der Waals surface area contributed by atoms with Gasteiger partial charge in [0.1, 0.15) is 0 Å². The molecular weight excluding hydrogens is 212 g/mol. The van der Waals surface area contributed by atoms with E-state index in [4.69, 9.17) is 0 Å². The third kappa shape index (κ3) is 1.48. The lowest BCUT2D eigenvalue weighted by molar-refractivity contribution is -0.139. The molecule has 1 fully saturated rings. The molecule has 0 aromatic carbocycles. The summed E-state index contributed by atoms with van der Waals surface area (Å²) in [6, 6.07) is 0. The first-order chi connectivity index (χ1) is 6.27. The maximum atomic E-state index is 11.3. The lowest BCUT2D eigenvalue weighted by Crippen LogP contribution is -2.41.